The monoisotopic (exact) mass is 806 g/mol. The molecule has 10 rings (SSSR count). The summed E-state index contributed by atoms with van der Waals surface area (Å²) in [5, 5.41) is 3.58. The van der Waals surface area contributed by atoms with Crippen LogP contribution in [0.3, 0.4) is 0 Å². The van der Waals surface area contributed by atoms with Crippen LogP contribution in [0.15, 0.2) is 180 Å². The maximum absolute atomic E-state index is 6.69. The average molecular weight is 807 g/mol. The molecule has 3 aliphatic carbocycles. The highest BCUT2D eigenvalue weighted by Gasteiger charge is 2.35. The third-order valence-corrected chi connectivity index (χ3v) is 13.6. The lowest BCUT2D eigenvalue weighted by Gasteiger charge is -2.30. The molecular weight excluding hydrogens is 753 g/mol. The second-order valence-electron chi connectivity index (χ2n) is 17.6. The van der Waals surface area contributed by atoms with E-state index in [-0.39, 0.29) is 17.3 Å². The summed E-state index contributed by atoms with van der Waals surface area (Å²) in [7, 11) is 0. The van der Waals surface area contributed by atoms with Gasteiger partial charge in [-0.3, -0.25) is 4.57 Å². The molecule has 0 saturated heterocycles. The van der Waals surface area contributed by atoms with Gasteiger partial charge in [0.2, 0.25) is 0 Å². The first kappa shape index (κ1) is 39.2. The molecule has 62 heavy (non-hydrogen) atoms. The van der Waals surface area contributed by atoms with Crippen LogP contribution >= 0.6 is 0 Å². The van der Waals surface area contributed by atoms with Gasteiger partial charge in [0, 0.05) is 52.7 Å². The molecule has 1 aromatic heterocycles. The Morgan fingerprint density at radius 3 is 2.40 bits per heavy atom. The van der Waals surface area contributed by atoms with Crippen molar-refractivity contribution in [3.8, 4) is 11.1 Å². The van der Waals surface area contributed by atoms with Gasteiger partial charge in [0.15, 0.2) is 0 Å². The van der Waals surface area contributed by atoms with Crippen LogP contribution in [0.25, 0.3) is 39.8 Å². The number of hydrogen-bond acceptors (Lipinski definition) is 3. The Morgan fingerprint density at radius 2 is 1.55 bits per heavy atom. The number of allylic oxidation sites excluding steroid dienone is 9. The van der Waals surface area contributed by atoms with E-state index in [4.69, 9.17) is 10.7 Å². The lowest BCUT2D eigenvalue weighted by Crippen LogP contribution is -2.36. The Kier molecular flexibility index (Phi) is 10.0. The van der Waals surface area contributed by atoms with Gasteiger partial charge in [0.05, 0.1) is 22.2 Å². The van der Waals surface area contributed by atoms with Gasteiger partial charge in [-0.25, -0.2) is 4.99 Å². The third-order valence-electron chi connectivity index (χ3n) is 13.6. The van der Waals surface area contributed by atoms with Crippen LogP contribution in [0.2, 0.25) is 0 Å². The summed E-state index contributed by atoms with van der Waals surface area (Å²) < 4.78 is 2.42. The highest BCUT2D eigenvalue weighted by molar-refractivity contribution is 6.01. The van der Waals surface area contributed by atoms with Gasteiger partial charge in [0.25, 0.3) is 0 Å². The maximum atomic E-state index is 6.69. The maximum Gasteiger partial charge on any atom is 0.118 e. The molecule has 306 valence electrons. The van der Waals surface area contributed by atoms with Crippen LogP contribution in [0.1, 0.15) is 74.8 Å². The largest absolute Gasteiger partial charge is 0.397 e. The number of nitrogen functional groups attached to an aromatic ring is 1. The van der Waals surface area contributed by atoms with Crippen molar-refractivity contribution in [2.24, 2.45) is 10.9 Å². The summed E-state index contributed by atoms with van der Waals surface area (Å²) in [6.45, 7) is 12.3. The highest BCUT2D eigenvalue weighted by Crippen LogP contribution is 2.49. The average Bonchev–Trinajstić information content (AvgIpc) is 3.60. The molecule has 2 unspecified atom stereocenters. The molecule has 2 heterocycles. The summed E-state index contributed by atoms with van der Waals surface area (Å²) in [5.41, 5.74) is 23.5. The van der Waals surface area contributed by atoms with Crippen molar-refractivity contribution >= 4 is 51.5 Å². The number of anilines is 2. The Balaban J connectivity index is 1.20. The number of hydrogen-bond donors (Lipinski definition) is 1. The number of fused-ring (bicyclic) bond motifs is 5. The van der Waals surface area contributed by atoms with E-state index < -0.39 is 0 Å². The third kappa shape index (κ3) is 6.66. The summed E-state index contributed by atoms with van der Waals surface area (Å²) in [6.07, 6.45) is 26.4. The highest BCUT2D eigenvalue weighted by atomic mass is 15.1. The van der Waals surface area contributed by atoms with E-state index in [1.165, 1.54) is 72.1 Å². The van der Waals surface area contributed by atoms with Crippen molar-refractivity contribution < 1.29 is 0 Å². The van der Waals surface area contributed by atoms with Gasteiger partial charge in [-0.2, -0.15) is 0 Å². The summed E-state index contributed by atoms with van der Waals surface area (Å²) >= 11 is 0. The van der Waals surface area contributed by atoms with Gasteiger partial charge in [0.1, 0.15) is 5.84 Å². The van der Waals surface area contributed by atoms with E-state index in [0.717, 1.165) is 35.4 Å². The summed E-state index contributed by atoms with van der Waals surface area (Å²) in [6, 6.07) is 39.8. The number of nitrogens with zero attached hydrogens (tertiary/aromatic N) is 3. The first-order valence-electron chi connectivity index (χ1n) is 22.2. The van der Waals surface area contributed by atoms with Crippen LogP contribution in [-0.2, 0) is 11.8 Å². The first-order valence-corrected chi connectivity index (χ1v) is 22.2. The molecule has 0 amide bonds. The van der Waals surface area contributed by atoms with Crippen LogP contribution in [0.4, 0.5) is 17.1 Å². The van der Waals surface area contributed by atoms with E-state index in [9.17, 15) is 0 Å². The molecule has 2 N–H and O–H groups in total. The fourth-order valence-electron chi connectivity index (χ4n) is 10.4. The van der Waals surface area contributed by atoms with Crippen LogP contribution in [0, 0.1) is 5.92 Å². The smallest absolute Gasteiger partial charge is 0.118 e. The fourth-order valence-corrected chi connectivity index (χ4v) is 10.4. The summed E-state index contributed by atoms with van der Waals surface area (Å²) in [5.74, 6) is 1.38. The van der Waals surface area contributed by atoms with Crippen molar-refractivity contribution in [3.63, 3.8) is 0 Å². The standard InChI is InChI=1S/C58H54N4/c1-6-53-57(43-22-12-10-19-38(43)2)48-37-42(61-34-18-21-41-20-11-13-23-44(41)39(3)45-24-8-7-9-29-54(45)61)31-33-55(48)62(53)56(60-52-28-17-16-27-51(52)59)36-40-30-32-47-46-25-14-15-26-49(46)58(4,5)50(47)35-40/h6-28,30-33,35,37-39H,29,34,36,59H2,1-5H3/b21-18-,53-6+,57-43-,60-56+. The van der Waals surface area contributed by atoms with Crippen LogP contribution in [0.5, 0.6) is 0 Å². The number of aliphatic imine (C=N–C) groups is 1. The van der Waals surface area contributed by atoms with Crippen molar-refractivity contribution in [3.05, 3.63) is 214 Å². The predicted molar refractivity (Wildman–Crippen MR) is 264 cm³/mol. The van der Waals surface area contributed by atoms with E-state index >= 15 is 0 Å². The van der Waals surface area contributed by atoms with E-state index in [1.807, 2.05) is 24.3 Å². The number of para-hydroxylation sites is 2. The number of rotatable bonds is 4. The minimum Gasteiger partial charge on any atom is -0.397 e. The minimum absolute atomic E-state index is 0.109. The molecule has 1 aliphatic heterocycles. The molecule has 4 nitrogen and oxygen atoms in total. The minimum atomic E-state index is -0.109. The number of nitrogens with two attached hydrogens (primary N) is 1. The predicted octanol–water partition coefficient (Wildman–Crippen LogP) is 12.5. The van der Waals surface area contributed by atoms with Gasteiger partial charge in [-0.1, -0.05) is 173 Å². The molecule has 0 fully saturated rings. The lowest BCUT2D eigenvalue weighted by atomic mass is 9.82. The van der Waals surface area contributed by atoms with E-state index in [0.29, 0.717) is 12.1 Å². The zero-order chi connectivity index (χ0) is 42.5. The molecular formula is C58H54N4. The fraction of sp³-hybridized carbons (Fsp3) is 0.190. The number of benzene rings is 5. The van der Waals surface area contributed by atoms with Gasteiger partial charge >= 0.3 is 0 Å². The van der Waals surface area contributed by atoms with E-state index in [1.54, 1.807) is 0 Å². The lowest BCUT2D eigenvalue weighted by molar-refractivity contribution is 0.659. The van der Waals surface area contributed by atoms with Gasteiger partial charge in [-0.05, 0) is 93.3 Å². The van der Waals surface area contributed by atoms with Crippen LogP contribution in [-0.4, -0.2) is 16.9 Å². The van der Waals surface area contributed by atoms with Crippen molar-refractivity contribution in [1.29, 1.82) is 0 Å². The molecule has 0 spiro atoms. The van der Waals surface area contributed by atoms with Crippen LogP contribution < -0.4 is 21.2 Å². The topological polar surface area (TPSA) is 46.5 Å². The molecule has 0 radical (unpaired) electrons. The SMILES string of the molecule is C/C=c1\c(=C2\C=CC=CC2C)c2cc(N3C/C=C\c4ccccc4C(C)C4=C3CC=CC=C4)ccc2n1/C(Cc1ccc2c(c1)C(C)(C)c1ccccc1-2)=N/c1ccccc1N. The van der Waals surface area contributed by atoms with Gasteiger partial charge in [-0.15, -0.1) is 0 Å². The van der Waals surface area contributed by atoms with E-state index in [2.05, 4.69) is 196 Å². The Labute approximate surface area is 366 Å². The Hall–Kier alpha value is -6.91. The van der Waals surface area contributed by atoms with Crippen molar-refractivity contribution in [2.75, 3.05) is 17.2 Å². The second-order valence-corrected chi connectivity index (χ2v) is 17.6. The molecule has 0 bridgehead atoms. The normalized spacial score (nSPS) is 20.6. The molecule has 4 heteroatoms. The molecule has 2 atom stereocenters. The zero-order valence-corrected chi connectivity index (χ0v) is 36.4. The molecule has 4 aliphatic rings. The first-order chi connectivity index (χ1) is 30.2. The molecule has 0 saturated carbocycles. The molecule has 5 aromatic carbocycles. The Morgan fingerprint density at radius 1 is 0.774 bits per heavy atom. The Bertz CT molecular complexity index is 3140. The second kappa shape index (κ2) is 15.8. The van der Waals surface area contributed by atoms with Crippen molar-refractivity contribution in [1.82, 2.24) is 4.57 Å². The van der Waals surface area contributed by atoms with Gasteiger partial charge < -0.3 is 10.6 Å². The molecule has 6 aromatic rings. The quantitative estimate of drug-likeness (QED) is 0.110. The zero-order valence-electron chi connectivity index (χ0n) is 36.4. The number of aromatic nitrogens is 1. The van der Waals surface area contributed by atoms with Crippen molar-refractivity contribution in [2.45, 2.75) is 58.8 Å². The summed E-state index contributed by atoms with van der Waals surface area (Å²) in [4.78, 5) is 8.06.